The standard InChI is InChI=1S/C5H8BrNO2S/c1-5(6)4-10-3-2-7(8)9/h1-4H2. The molecule has 58 valence electrons. The fourth-order valence-electron chi connectivity index (χ4n) is 0.322. The first-order valence-electron chi connectivity index (χ1n) is 2.65. The lowest BCUT2D eigenvalue weighted by Crippen LogP contribution is -2.03. The Kier molecular flexibility index (Phi) is 5.71. The van der Waals surface area contributed by atoms with Crippen LogP contribution >= 0.6 is 27.7 Å². The van der Waals surface area contributed by atoms with E-state index in [1.54, 1.807) is 0 Å². The zero-order valence-electron chi connectivity index (χ0n) is 5.38. The van der Waals surface area contributed by atoms with Crippen molar-refractivity contribution in [1.82, 2.24) is 0 Å². The number of halogens is 1. The molecule has 0 radical (unpaired) electrons. The topological polar surface area (TPSA) is 43.1 Å². The maximum absolute atomic E-state index is 9.80. The average Bonchev–Trinajstić information content (AvgIpc) is 1.79. The SMILES string of the molecule is C=C(Br)CSCC[N+](=O)[O-]. The summed E-state index contributed by atoms with van der Waals surface area (Å²) in [6, 6.07) is 0. The minimum absolute atomic E-state index is 0.0327. The highest BCUT2D eigenvalue weighted by atomic mass is 79.9. The van der Waals surface area contributed by atoms with Crippen LogP contribution in [-0.2, 0) is 0 Å². The zero-order chi connectivity index (χ0) is 7.98. The molecule has 0 saturated carbocycles. The molecule has 3 nitrogen and oxygen atoms in total. The molecular weight excluding hydrogens is 218 g/mol. The lowest BCUT2D eigenvalue weighted by Gasteiger charge is -1.94. The largest absolute Gasteiger partial charge is 0.265 e. The lowest BCUT2D eigenvalue weighted by atomic mass is 10.8. The van der Waals surface area contributed by atoms with Gasteiger partial charge in [-0.05, 0) is 4.48 Å². The molecule has 0 aliphatic rings. The van der Waals surface area contributed by atoms with Crippen LogP contribution in [0.25, 0.3) is 0 Å². The Bertz CT molecular complexity index is 124. The molecule has 0 rings (SSSR count). The Hall–Kier alpha value is -0.0300. The Balaban J connectivity index is 3.06. The maximum Gasteiger partial charge on any atom is 0.212 e. The number of hydrogen-bond acceptors (Lipinski definition) is 3. The Labute approximate surface area is 72.2 Å². The predicted octanol–water partition coefficient (Wildman–Crippen LogP) is 1.90. The van der Waals surface area contributed by atoms with E-state index in [1.165, 1.54) is 11.8 Å². The molecule has 0 amide bonds. The fourth-order valence-corrected chi connectivity index (χ4v) is 1.45. The Morgan fingerprint density at radius 1 is 1.80 bits per heavy atom. The summed E-state index contributed by atoms with van der Waals surface area (Å²) in [6.45, 7) is 3.63. The van der Waals surface area contributed by atoms with Gasteiger partial charge in [0.25, 0.3) is 0 Å². The Morgan fingerprint density at radius 3 is 2.80 bits per heavy atom. The normalized spacial score (nSPS) is 9.30. The summed E-state index contributed by atoms with van der Waals surface area (Å²) in [5.41, 5.74) is 0. The summed E-state index contributed by atoms with van der Waals surface area (Å²) in [5, 5.41) is 9.80. The van der Waals surface area contributed by atoms with Crippen molar-refractivity contribution in [3.63, 3.8) is 0 Å². The van der Waals surface area contributed by atoms with Crippen LogP contribution in [0.5, 0.6) is 0 Å². The highest BCUT2D eigenvalue weighted by molar-refractivity contribution is 9.11. The van der Waals surface area contributed by atoms with E-state index >= 15 is 0 Å². The van der Waals surface area contributed by atoms with Gasteiger partial charge in [0.15, 0.2) is 0 Å². The van der Waals surface area contributed by atoms with Crippen LogP contribution in [0.1, 0.15) is 0 Å². The molecule has 0 fully saturated rings. The summed E-state index contributed by atoms with van der Waals surface area (Å²) >= 11 is 4.66. The first kappa shape index (κ1) is 9.97. The number of nitro groups is 1. The van der Waals surface area contributed by atoms with Gasteiger partial charge in [-0.3, -0.25) is 10.1 Å². The zero-order valence-corrected chi connectivity index (χ0v) is 7.78. The average molecular weight is 226 g/mol. The van der Waals surface area contributed by atoms with Crippen LogP contribution in [0.3, 0.4) is 0 Å². The monoisotopic (exact) mass is 225 g/mol. The van der Waals surface area contributed by atoms with Gasteiger partial charge in [-0.25, -0.2) is 0 Å². The van der Waals surface area contributed by atoms with E-state index in [1.807, 2.05) is 0 Å². The van der Waals surface area contributed by atoms with Crippen molar-refractivity contribution < 1.29 is 4.92 Å². The van der Waals surface area contributed by atoms with Crippen molar-refractivity contribution in [2.45, 2.75) is 0 Å². The summed E-state index contributed by atoms with van der Waals surface area (Å²) in [6.07, 6.45) is 0. The van der Waals surface area contributed by atoms with Gasteiger partial charge in [0.1, 0.15) is 0 Å². The summed E-state index contributed by atoms with van der Waals surface area (Å²) in [5.74, 6) is 1.30. The molecule has 0 aromatic heterocycles. The second kappa shape index (κ2) is 5.73. The van der Waals surface area contributed by atoms with Crippen LogP contribution in [0, 0.1) is 10.1 Å². The molecular formula is C5H8BrNO2S. The molecule has 0 N–H and O–H groups in total. The first-order valence-corrected chi connectivity index (χ1v) is 4.60. The minimum atomic E-state index is -0.315. The molecule has 0 aliphatic carbocycles. The highest BCUT2D eigenvalue weighted by Gasteiger charge is 1.96. The van der Waals surface area contributed by atoms with Crippen LogP contribution in [0.4, 0.5) is 0 Å². The van der Waals surface area contributed by atoms with E-state index in [0.29, 0.717) is 5.75 Å². The van der Waals surface area contributed by atoms with Gasteiger partial charge in [-0.15, -0.1) is 11.8 Å². The van der Waals surface area contributed by atoms with Crippen LogP contribution < -0.4 is 0 Å². The molecule has 0 heterocycles. The third-order valence-electron chi connectivity index (χ3n) is 0.677. The molecule has 0 spiro atoms. The summed E-state index contributed by atoms with van der Waals surface area (Å²) in [7, 11) is 0. The quantitative estimate of drug-likeness (QED) is 0.408. The molecule has 0 aliphatic heterocycles. The number of thioether (sulfide) groups is 1. The molecule has 0 bridgehead atoms. The van der Waals surface area contributed by atoms with Gasteiger partial charge in [0.2, 0.25) is 6.54 Å². The second-order valence-electron chi connectivity index (χ2n) is 1.63. The van der Waals surface area contributed by atoms with Gasteiger partial charge in [0.05, 0.1) is 5.75 Å². The minimum Gasteiger partial charge on any atom is -0.265 e. The van der Waals surface area contributed by atoms with Crippen LogP contribution in [-0.4, -0.2) is 23.0 Å². The van der Waals surface area contributed by atoms with Crippen molar-refractivity contribution in [3.8, 4) is 0 Å². The third-order valence-corrected chi connectivity index (χ3v) is 2.35. The Morgan fingerprint density at radius 2 is 2.40 bits per heavy atom. The van der Waals surface area contributed by atoms with Crippen LogP contribution in [0.2, 0.25) is 0 Å². The van der Waals surface area contributed by atoms with E-state index in [2.05, 4.69) is 22.5 Å². The van der Waals surface area contributed by atoms with Gasteiger partial charge in [-0.1, -0.05) is 22.5 Å². The number of rotatable bonds is 5. The van der Waals surface area contributed by atoms with E-state index in [0.717, 1.165) is 10.2 Å². The number of nitrogens with zero attached hydrogens (tertiary/aromatic N) is 1. The predicted molar refractivity (Wildman–Crippen MR) is 47.3 cm³/mol. The van der Waals surface area contributed by atoms with Gasteiger partial charge in [-0.2, -0.15) is 0 Å². The molecule has 10 heavy (non-hydrogen) atoms. The van der Waals surface area contributed by atoms with Gasteiger partial charge < -0.3 is 0 Å². The van der Waals surface area contributed by atoms with Crippen molar-refractivity contribution in [3.05, 3.63) is 21.2 Å². The molecule has 0 aromatic carbocycles. The van der Waals surface area contributed by atoms with Crippen molar-refractivity contribution in [1.29, 1.82) is 0 Å². The third kappa shape index (κ3) is 7.97. The second-order valence-corrected chi connectivity index (χ2v) is 3.85. The molecule has 0 unspecified atom stereocenters. The van der Waals surface area contributed by atoms with Crippen LogP contribution in [0.15, 0.2) is 11.1 Å². The highest BCUT2D eigenvalue weighted by Crippen LogP contribution is 2.10. The smallest absolute Gasteiger partial charge is 0.212 e. The molecule has 5 heteroatoms. The summed E-state index contributed by atoms with van der Waals surface area (Å²) < 4.78 is 0.876. The molecule has 0 saturated heterocycles. The van der Waals surface area contributed by atoms with E-state index in [-0.39, 0.29) is 11.5 Å². The van der Waals surface area contributed by atoms with E-state index < -0.39 is 0 Å². The van der Waals surface area contributed by atoms with Crippen molar-refractivity contribution in [2.24, 2.45) is 0 Å². The van der Waals surface area contributed by atoms with E-state index in [4.69, 9.17) is 0 Å². The number of hydrogen-bond donors (Lipinski definition) is 0. The fraction of sp³-hybridized carbons (Fsp3) is 0.600. The van der Waals surface area contributed by atoms with Gasteiger partial charge in [0, 0.05) is 10.7 Å². The molecule has 0 aromatic rings. The van der Waals surface area contributed by atoms with Gasteiger partial charge >= 0.3 is 0 Å². The summed E-state index contributed by atoms with van der Waals surface area (Å²) in [4.78, 5) is 9.49. The maximum atomic E-state index is 9.80. The van der Waals surface area contributed by atoms with E-state index in [9.17, 15) is 10.1 Å². The van der Waals surface area contributed by atoms with Crippen molar-refractivity contribution in [2.75, 3.05) is 18.1 Å². The lowest BCUT2D eigenvalue weighted by molar-refractivity contribution is -0.474. The van der Waals surface area contributed by atoms with Crippen molar-refractivity contribution >= 4 is 27.7 Å². The first-order chi connectivity index (χ1) is 4.63. The molecule has 0 atom stereocenters.